The van der Waals surface area contributed by atoms with Crippen molar-refractivity contribution in [3.63, 3.8) is 0 Å². The Balaban J connectivity index is 1.72. The number of urea groups is 1. The van der Waals surface area contributed by atoms with Crippen LogP contribution in [-0.2, 0) is 13.0 Å². The molecule has 0 saturated heterocycles. The number of aromatic nitrogens is 2. The fraction of sp³-hybridized carbons (Fsp3) is 0.389. The molecule has 2 heterocycles. The second-order valence-electron chi connectivity index (χ2n) is 5.93. The van der Waals surface area contributed by atoms with Crippen LogP contribution >= 0.6 is 11.6 Å². The number of fused-ring (bicyclic) bond motifs is 1. The van der Waals surface area contributed by atoms with E-state index in [4.69, 9.17) is 11.6 Å². The van der Waals surface area contributed by atoms with Gasteiger partial charge in [-0.1, -0.05) is 17.7 Å². The Hall–Kier alpha value is -2.34. The first-order chi connectivity index (χ1) is 12.1. The Morgan fingerprint density at radius 3 is 2.88 bits per heavy atom. The van der Waals surface area contributed by atoms with Gasteiger partial charge in [0.2, 0.25) is 5.95 Å². The predicted octanol–water partition coefficient (Wildman–Crippen LogP) is 3.69. The normalized spacial score (nSPS) is 13.3. The average Bonchev–Trinajstić information content (AvgIpc) is 2.62. The summed E-state index contributed by atoms with van der Waals surface area (Å²) in [5.41, 5.74) is 2.84. The number of benzene rings is 1. The lowest BCUT2D eigenvalue weighted by Crippen LogP contribution is -2.45. The van der Waals surface area contributed by atoms with Crippen molar-refractivity contribution in [3.8, 4) is 0 Å². The summed E-state index contributed by atoms with van der Waals surface area (Å²) in [6.45, 7) is 6.67. The van der Waals surface area contributed by atoms with Gasteiger partial charge in [-0.05, 0) is 32.0 Å². The highest BCUT2D eigenvalue weighted by Crippen LogP contribution is 2.22. The zero-order valence-corrected chi connectivity index (χ0v) is 15.3. The predicted molar refractivity (Wildman–Crippen MR) is 99.2 cm³/mol. The van der Waals surface area contributed by atoms with E-state index in [1.165, 1.54) is 0 Å². The number of hydrogen-bond acceptors (Lipinski definition) is 4. The highest BCUT2D eigenvalue weighted by atomic mass is 35.5. The van der Waals surface area contributed by atoms with Crippen molar-refractivity contribution in [2.75, 3.05) is 25.0 Å². The number of carbonyl (C=O) groups excluding carboxylic acids is 1. The third kappa shape index (κ3) is 4.02. The molecule has 7 heteroatoms. The monoisotopic (exact) mass is 359 g/mol. The van der Waals surface area contributed by atoms with Gasteiger partial charge in [0, 0.05) is 48.5 Å². The summed E-state index contributed by atoms with van der Waals surface area (Å²) in [5.74, 6) is 0.546. The van der Waals surface area contributed by atoms with Crippen LogP contribution in [0, 0.1) is 0 Å². The summed E-state index contributed by atoms with van der Waals surface area (Å²) in [5, 5.41) is 3.83. The molecule has 0 aliphatic carbocycles. The van der Waals surface area contributed by atoms with E-state index < -0.39 is 0 Å². The van der Waals surface area contributed by atoms with Crippen molar-refractivity contribution >= 4 is 29.3 Å². The first-order valence-corrected chi connectivity index (χ1v) is 8.89. The van der Waals surface area contributed by atoms with Crippen molar-refractivity contribution in [1.82, 2.24) is 19.8 Å². The van der Waals surface area contributed by atoms with E-state index in [0.717, 1.165) is 36.5 Å². The molecule has 0 radical (unpaired) electrons. The third-order valence-corrected chi connectivity index (χ3v) is 4.55. The van der Waals surface area contributed by atoms with Gasteiger partial charge in [0.15, 0.2) is 0 Å². The highest BCUT2D eigenvalue weighted by molar-refractivity contribution is 6.30. The van der Waals surface area contributed by atoms with Crippen molar-refractivity contribution in [3.05, 3.63) is 46.7 Å². The van der Waals surface area contributed by atoms with Crippen LogP contribution in [0.1, 0.15) is 25.1 Å². The van der Waals surface area contributed by atoms with Crippen LogP contribution in [0.2, 0.25) is 5.02 Å². The number of amides is 2. The number of anilines is 2. The SMILES string of the molecule is CCN(CC)C(=O)N1CCc2nc(Nc3cccc(Cl)c3)ncc2C1. The van der Waals surface area contributed by atoms with Gasteiger partial charge in [0.1, 0.15) is 0 Å². The van der Waals surface area contributed by atoms with E-state index in [1.54, 1.807) is 6.20 Å². The summed E-state index contributed by atoms with van der Waals surface area (Å²) in [4.78, 5) is 25.2. The van der Waals surface area contributed by atoms with Crippen LogP contribution in [0.4, 0.5) is 16.4 Å². The molecule has 0 atom stereocenters. The van der Waals surface area contributed by atoms with E-state index >= 15 is 0 Å². The number of carbonyl (C=O) groups is 1. The quantitative estimate of drug-likeness (QED) is 0.904. The Kier molecular flexibility index (Phi) is 5.38. The summed E-state index contributed by atoms with van der Waals surface area (Å²) in [6, 6.07) is 7.52. The summed E-state index contributed by atoms with van der Waals surface area (Å²) in [6.07, 6.45) is 2.53. The summed E-state index contributed by atoms with van der Waals surface area (Å²) in [7, 11) is 0. The Labute approximate surface area is 152 Å². The van der Waals surface area contributed by atoms with E-state index in [2.05, 4.69) is 15.3 Å². The minimum atomic E-state index is 0.0804. The van der Waals surface area contributed by atoms with Crippen molar-refractivity contribution < 1.29 is 4.79 Å². The Bertz CT molecular complexity index is 763. The van der Waals surface area contributed by atoms with Gasteiger partial charge in [-0.2, -0.15) is 0 Å². The summed E-state index contributed by atoms with van der Waals surface area (Å²) < 4.78 is 0. The zero-order valence-electron chi connectivity index (χ0n) is 14.5. The highest BCUT2D eigenvalue weighted by Gasteiger charge is 2.24. The van der Waals surface area contributed by atoms with Crippen LogP contribution in [0.3, 0.4) is 0 Å². The molecule has 3 rings (SSSR count). The van der Waals surface area contributed by atoms with Crippen LogP contribution in [0.25, 0.3) is 0 Å². The van der Waals surface area contributed by atoms with E-state index in [-0.39, 0.29) is 6.03 Å². The molecular formula is C18H22ClN5O. The van der Waals surface area contributed by atoms with Gasteiger partial charge >= 0.3 is 6.03 Å². The molecule has 2 amide bonds. The fourth-order valence-corrected chi connectivity index (χ4v) is 3.12. The van der Waals surface area contributed by atoms with Gasteiger partial charge in [0.05, 0.1) is 12.2 Å². The minimum Gasteiger partial charge on any atom is -0.325 e. The van der Waals surface area contributed by atoms with E-state index in [9.17, 15) is 4.79 Å². The molecule has 132 valence electrons. The molecule has 25 heavy (non-hydrogen) atoms. The van der Waals surface area contributed by atoms with Crippen LogP contribution in [0.15, 0.2) is 30.5 Å². The van der Waals surface area contributed by atoms with Crippen LogP contribution in [-0.4, -0.2) is 45.4 Å². The lowest BCUT2D eigenvalue weighted by molar-refractivity contribution is 0.151. The molecule has 1 aliphatic rings. The maximum atomic E-state index is 12.5. The molecule has 0 fully saturated rings. The van der Waals surface area contributed by atoms with Crippen molar-refractivity contribution in [2.24, 2.45) is 0 Å². The number of nitrogens with one attached hydrogen (secondary N) is 1. The molecule has 0 saturated carbocycles. The van der Waals surface area contributed by atoms with Gasteiger partial charge < -0.3 is 15.1 Å². The lowest BCUT2D eigenvalue weighted by Gasteiger charge is -2.32. The standard InChI is InChI=1S/C18H22ClN5O/c1-3-23(4-2)18(25)24-9-8-16-13(12-24)11-20-17(22-16)21-15-7-5-6-14(19)10-15/h5-7,10-11H,3-4,8-9,12H2,1-2H3,(H,20,21,22). The molecule has 1 aromatic carbocycles. The molecule has 0 spiro atoms. The zero-order chi connectivity index (χ0) is 17.8. The second kappa shape index (κ2) is 7.70. The second-order valence-corrected chi connectivity index (χ2v) is 6.36. The summed E-state index contributed by atoms with van der Waals surface area (Å²) >= 11 is 6.00. The lowest BCUT2D eigenvalue weighted by atomic mass is 10.1. The van der Waals surface area contributed by atoms with Gasteiger partial charge in [0.25, 0.3) is 0 Å². The molecule has 0 unspecified atom stereocenters. The Morgan fingerprint density at radius 2 is 2.16 bits per heavy atom. The number of rotatable bonds is 4. The maximum Gasteiger partial charge on any atom is 0.320 e. The number of nitrogens with zero attached hydrogens (tertiary/aromatic N) is 4. The topological polar surface area (TPSA) is 61.4 Å². The van der Waals surface area contributed by atoms with Crippen LogP contribution in [0.5, 0.6) is 0 Å². The number of hydrogen-bond donors (Lipinski definition) is 1. The van der Waals surface area contributed by atoms with Crippen molar-refractivity contribution in [1.29, 1.82) is 0 Å². The first kappa shape index (κ1) is 17.5. The van der Waals surface area contributed by atoms with Crippen LogP contribution < -0.4 is 5.32 Å². The molecule has 0 bridgehead atoms. The van der Waals surface area contributed by atoms with Gasteiger partial charge in [-0.15, -0.1) is 0 Å². The fourth-order valence-electron chi connectivity index (χ4n) is 2.93. The molecule has 6 nitrogen and oxygen atoms in total. The number of halogens is 1. The average molecular weight is 360 g/mol. The van der Waals surface area contributed by atoms with Crippen molar-refractivity contribution in [2.45, 2.75) is 26.8 Å². The third-order valence-electron chi connectivity index (χ3n) is 4.32. The Morgan fingerprint density at radius 1 is 1.36 bits per heavy atom. The van der Waals surface area contributed by atoms with Gasteiger partial charge in [-0.25, -0.2) is 14.8 Å². The molecule has 2 aromatic rings. The first-order valence-electron chi connectivity index (χ1n) is 8.52. The van der Waals surface area contributed by atoms with Gasteiger partial charge in [-0.3, -0.25) is 0 Å². The minimum absolute atomic E-state index is 0.0804. The van der Waals surface area contributed by atoms with E-state index in [1.807, 2.05) is 47.9 Å². The van der Waals surface area contributed by atoms with E-state index in [0.29, 0.717) is 24.1 Å². The maximum absolute atomic E-state index is 12.5. The molecule has 1 aliphatic heterocycles. The largest absolute Gasteiger partial charge is 0.325 e. The molecular weight excluding hydrogens is 338 g/mol. The molecule has 1 aromatic heterocycles. The smallest absolute Gasteiger partial charge is 0.320 e. The molecule has 1 N–H and O–H groups in total.